The zero-order valence-electron chi connectivity index (χ0n) is 10.9. The van der Waals surface area contributed by atoms with Gasteiger partial charge in [0, 0.05) is 26.0 Å². The van der Waals surface area contributed by atoms with E-state index in [1.807, 2.05) is 0 Å². The molecule has 0 unspecified atom stereocenters. The fraction of sp³-hybridized carbons (Fsp3) is 0.455. The summed E-state index contributed by atoms with van der Waals surface area (Å²) in [7, 11) is -1.96. The molecule has 0 saturated carbocycles. The first-order valence-electron chi connectivity index (χ1n) is 6.17. The Morgan fingerprint density at radius 2 is 2.30 bits per heavy atom. The lowest BCUT2D eigenvalue weighted by molar-refractivity contribution is 0.184. The highest BCUT2D eigenvalue weighted by molar-refractivity contribution is 7.92. The van der Waals surface area contributed by atoms with Crippen LogP contribution in [0.15, 0.2) is 29.9 Å². The van der Waals surface area contributed by atoms with Gasteiger partial charge in [-0.1, -0.05) is 0 Å². The molecule has 1 aliphatic heterocycles. The molecule has 3 heterocycles. The number of hydrogen-bond donors (Lipinski definition) is 1. The van der Waals surface area contributed by atoms with Crippen molar-refractivity contribution in [2.24, 2.45) is 7.05 Å². The van der Waals surface area contributed by atoms with E-state index in [1.54, 1.807) is 22.5 Å². The quantitative estimate of drug-likeness (QED) is 0.881. The molecule has 0 radical (unpaired) electrons. The summed E-state index contributed by atoms with van der Waals surface area (Å²) in [4.78, 5) is 3.83. The number of nitrogens with one attached hydrogen (secondary N) is 1. The van der Waals surface area contributed by atoms with E-state index in [2.05, 4.69) is 14.8 Å². The fourth-order valence-corrected chi connectivity index (χ4v) is 3.07. The largest absolute Gasteiger partial charge is 0.379 e. The molecule has 8 nitrogen and oxygen atoms in total. The summed E-state index contributed by atoms with van der Waals surface area (Å²) >= 11 is 0. The topological polar surface area (TPSA) is 91.0 Å². The van der Waals surface area contributed by atoms with Crippen molar-refractivity contribution in [1.82, 2.24) is 19.3 Å². The highest BCUT2D eigenvalue weighted by atomic mass is 32.2. The van der Waals surface area contributed by atoms with E-state index >= 15 is 0 Å². The number of anilines is 1. The molecule has 1 saturated heterocycles. The van der Waals surface area contributed by atoms with Crippen LogP contribution >= 0.6 is 0 Å². The van der Waals surface area contributed by atoms with Gasteiger partial charge in [0.15, 0.2) is 5.03 Å². The number of sulfonamides is 1. The van der Waals surface area contributed by atoms with E-state index in [9.17, 15) is 8.42 Å². The number of rotatable bonds is 4. The smallest absolute Gasteiger partial charge is 0.281 e. The first-order chi connectivity index (χ1) is 9.54. The predicted molar refractivity (Wildman–Crippen MR) is 70.7 cm³/mol. The number of ether oxygens (including phenoxy) is 1. The highest BCUT2D eigenvalue weighted by Gasteiger charge is 2.21. The van der Waals surface area contributed by atoms with Crippen molar-refractivity contribution in [1.29, 1.82) is 0 Å². The molecule has 0 aromatic carbocycles. The Bertz CT molecular complexity index is 699. The second-order valence-electron chi connectivity index (χ2n) is 4.71. The van der Waals surface area contributed by atoms with Gasteiger partial charge in [-0.25, -0.2) is 4.98 Å². The van der Waals surface area contributed by atoms with Crippen molar-refractivity contribution >= 4 is 15.7 Å². The average molecular weight is 297 g/mol. The third-order valence-corrected chi connectivity index (χ3v) is 4.36. The molecule has 2 aromatic heterocycles. The van der Waals surface area contributed by atoms with Crippen molar-refractivity contribution < 1.29 is 13.2 Å². The fourth-order valence-electron chi connectivity index (χ4n) is 2.06. The Balaban J connectivity index is 1.77. The van der Waals surface area contributed by atoms with Crippen molar-refractivity contribution in [3.05, 3.63) is 24.9 Å². The Kier molecular flexibility index (Phi) is 3.22. The van der Waals surface area contributed by atoms with Crippen molar-refractivity contribution in [3.63, 3.8) is 0 Å². The molecule has 0 spiro atoms. The highest BCUT2D eigenvalue weighted by Crippen LogP contribution is 2.20. The lowest BCUT2D eigenvalue weighted by Gasteiger charge is -2.07. The monoisotopic (exact) mass is 297 g/mol. The molecule has 20 heavy (non-hydrogen) atoms. The van der Waals surface area contributed by atoms with Gasteiger partial charge < -0.3 is 9.30 Å². The number of nitrogens with zero attached hydrogens (tertiary/aromatic N) is 4. The van der Waals surface area contributed by atoms with Gasteiger partial charge in [0.2, 0.25) is 0 Å². The molecule has 1 N–H and O–H groups in total. The van der Waals surface area contributed by atoms with Crippen molar-refractivity contribution in [3.8, 4) is 0 Å². The average Bonchev–Trinajstić information content (AvgIpc) is 3.06. The lowest BCUT2D eigenvalue weighted by atomic mass is 10.3. The van der Waals surface area contributed by atoms with Gasteiger partial charge in [-0.3, -0.25) is 9.40 Å². The maximum Gasteiger partial charge on any atom is 0.281 e. The Hall–Kier alpha value is -1.87. The summed E-state index contributed by atoms with van der Waals surface area (Å²) in [5.41, 5.74) is 0.419. The van der Waals surface area contributed by atoms with Crippen LogP contribution < -0.4 is 4.72 Å². The van der Waals surface area contributed by atoms with Crippen molar-refractivity contribution in [2.75, 3.05) is 17.9 Å². The van der Waals surface area contributed by atoms with E-state index in [1.165, 1.54) is 18.7 Å². The maximum absolute atomic E-state index is 12.1. The van der Waals surface area contributed by atoms with Crippen LogP contribution in [0.3, 0.4) is 0 Å². The molecular formula is C11H15N5O3S. The third-order valence-electron chi connectivity index (χ3n) is 3.09. The van der Waals surface area contributed by atoms with Crippen LogP contribution in [-0.4, -0.2) is 41.0 Å². The van der Waals surface area contributed by atoms with Gasteiger partial charge >= 0.3 is 0 Å². The van der Waals surface area contributed by atoms with Crippen LogP contribution in [0.25, 0.3) is 0 Å². The van der Waals surface area contributed by atoms with Crippen LogP contribution in [0.2, 0.25) is 0 Å². The van der Waals surface area contributed by atoms with E-state index < -0.39 is 10.0 Å². The number of aromatic nitrogens is 4. The molecule has 1 aliphatic rings. The molecule has 1 fully saturated rings. The molecule has 0 bridgehead atoms. The summed E-state index contributed by atoms with van der Waals surface area (Å²) < 4.78 is 35.2. The number of imidazole rings is 1. The van der Waals surface area contributed by atoms with Gasteiger partial charge in [-0.15, -0.1) is 0 Å². The van der Waals surface area contributed by atoms with Gasteiger partial charge in [-0.2, -0.15) is 13.5 Å². The SMILES string of the molecule is Cn1cnc(S(=O)(=O)Nc2cnn([C@@H]3CCOC3)c2)c1. The Labute approximate surface area is 116 Å². The van der Waals surface area contributed by atoms with Crippen LogP contribution in [0.5, 0.6) is 0 Å². The van der Waals surface area contributed by atoms with Crippen LogP contribution in [-0.2, 0) is 21.8 Å². The first kappa shape index (κ1) is 13.1. The summed E-state index contributed by atoms with van der Waals surface area (Å²) in [6.07, 6.45) is 6.91. The molecule has 0 aliphatic carbocycles. The zero-order valence-corrected chi connectivity index (χ0v) is 11.7. The standard InChI is InChI=1S/C11H15N5O3S/c1-15-6-11(12-8-15)20(17,18)14-9-4-13-16(5-9)10-2-3-19-7-10/h4-6,8,10,14H,2-3,7H2,1H3/t10-/m1/s1. The molecule has 3 rings (SSSR count). The second-order valence-corrected chi connectivity index (χ2v) is 6.34. The van der Waals surface area contributed by atoms with Gasteiger partial charge in [-0.05, 0) is 6.42 Å². The van der Waals surface area contributed by atoms with Crippen molar-refractivity contribution in [2.45, 2.75) is 17.5 Å². The zero-order chi connectivity index (χ0) is 14.2. The third kappa shape index (κ3) is 2.54. The van der Waals surface area contributed by atoms with E-state index in [0.717, 1.165) is 6.42 Å². The van der Waals surface area contributed by atoms with Gasteiger partial charge in [0.25, 0.3) is 10.0 Å². The summed E-state index contributed by atoms with van der Waals surface area (Å²) in [6, 6.07) is 0.170. The Morgan fingerprint density at radius 1 is 1.45 bits per heavy atom. The maximum atomic E-state index is 12.1. The summed E-state index contributed by atoms with van der Waals surface area (Å²) in [5, 5.41) is 4.15. The van der Waals surface area contributed by atoms with Crippen LogP contribution in [0, 0.1) is 0 Å². The summed E-state index contributed by atoms with van der Waals surface area (Å²) in [6.45, 7) is 1.31. The second kappa shape index (κ2) is 4.91. The minimum atomic E-state index is -3.67. The van der Waals surface area contributed by atoms with Gasteiger partial charge in [0.1, 0.15) is 0 Å². The molecule has 108 valence electrons. The predicted octanol–water partition coefficient (Wildman–Crippen LogP) is 0.379. The number of aryl methyl sites for hydroxylation is 1. The minimum Gasteiger partial charge on any atom is -0.379 e. The summed E-state index contributed by atoms with van der Waals surface area (Å²) in [5.74, 6) is 0. The van der Waals surface area contributed by atoms with Crippen LogP contribution in [0.1, 0.15) is 12.5 Å². The van der Waals surface area contributed by atoms with E-state index in [4.69, 9.17) is 4.74 Å². The van der Waals surface area contributed by atoms with E-state index in [0.29, 0.717) is 18.9 Å². The molecular weight excluding hydrogens is 282 g/mol. The molecule has 0 amide bonds. The molecule has 9 heteroatoms. The number of hydrogen-bond acceptors (Lipinski definition) is 5. The first-order valence-corrected chi connectivity index (χ1v) is 7.65. The lowest BCUT2D eigenvalue weighted by Crippen LogP contribution is -2.13. The Morgan fingerprint density at radius 3 is 2.95 bits per heavy atom. The minimum absolute atomic E-state index is 0.0167. The molecule has 1 atom stereocenters. The molecule has 2 aromatic rings. The van der Waals surface area contributed by atoms with Gasteiger partial charge in [0.05, 0.1) is 30.9 Å². The normalized spacial score (nSPS) is 19.4. The van der Waals surface area contributed by atoms with E-state index in [-0.39, 0.29) is 11.1 Å². The van der Waals surface area contributed by atoms with Crippen LogP contribution in [0.4, 0.5) is 5.69 Å².